The van der Waals surface area contributed by atoms with E-state index in [1.165, 1.54) is 0 Å². The third-order valence-electron chi connectivity index (χ3n) is 4.28. The van der Waals surface area contributed by atoms with Crippen LogP contribution in [0.1, 0.15) is 24.4 Å². The van der Waals surface area contributed by atoms with Crippen LogP contribution < -0.4 is 0 Å². The van der Waals surface area contributed by atoms with Crippen molar-refractivity contribution in [2.45, 2.75) is 19.5 Å². The summed E-state index contributed by atoms with van der Waals surface area (Å²) >= 11 is 1.59. The smallest absolute Gasteiger partial charge is 0.257 e. The van der Waals surface area contributed by atoms with Gasteiger partial charge in [-0.1, -0.05) is 24.3 Å². The van der Waals surface area contributed by atoms with Crippen LogP contribution in [0.4, 0.5) is 0 Å². The Hall–Kier alpha value is -2.77. The van der Waals surface area contributed by atoms with Crippen LogP contribution in [0.3, 0.4) is 0 Å². The molecule has 4 rings (SSSR count). The summed E-state index contributed by atoms with van der Waals surface area (Å²) in [7, 11) is 2.04. The Balaban J connectivity index is 1.45. The maximum absolute atomic E-state index is 5.85. The zero-order valence-corrected chi connectivity index (χ0v) is 15.4. The van der Waals surface area contributed by atoms with E-state index in [9.17, 15) is 0 Å². The first-order valence-corrected chi connectivity index (χ1v) is 9.25. The Bertz CT molecular complexity index is 961. The molecule has 0 amide bonds. The SMILES string of the molecule is CC(c1nnc(-c2cccs2)o1)N(C)Cc1cnn(-c2ccccc2)c1. The summed E-state index contributed by atoms with van der Waals surface area (Å²) in [5.74, 6) is 1.19. The van der Waals surface area contributed by atoms with Gasteiger partial charge in [0.15, 0.2) is 0 Å². The van der Waals surface area contributed by atoms with E-state index in [0.29, 0.717) is 11.8 Å². The molecule has 0 saturated heterocycles. The summed E-state index contributed by atoms with van der Waals surface area (Å²) in [6, 6.07) is 14.0. The van der Waals surface area contributed by atoms with Crippen LogP contribution in [0.25, 0.3) is 16.5 Å². The molecule has 26 heavy (non-hydrogen) atoms. The van der Waals surface area contributed by atoms with Crippen LogP contribution in [-0.2, 0) is 6.54 Å². The van der Waals surface area contributed by atoms with Gasteiger partial charge < -0.3 is 4.42 Å². The monoisotopic (exact) mass is 365 g/mol. The molecule has 0 N–H and O–H groups in total. The van der Waals surface area contributed by atoms with Crippen molar-refractivity contribution >= 4 is 11.3 Å². The molecule has 3 aromatic heterocycles. The standard InChI is InChI=1S/C19H19N5OS/c1-14(18-21-22-19(25-18)17-9-6-10-26-17)23(2)12-15-11-20-24(13-15)16-7-4-3-5-8-16/h3-11,13-14H,12H2,1-2H3. The Morgan fingerprint density at radius 2 is 2.00 bits per heavy atom. The lowest BCUT2D eigenvalue weighted by Crippen LogP contribution is -2.22. The van der Waals surface area contributed by atoms with Gasteiger partial charge in [0.25, 0.3) is 5.89 Å². The van der Waals surface area contributed by atoms with E-state index < -0.39 is 0 Å². The molecule has 0 spiro atoms. The third kappa shape index (κ3) is 3.44. The third-order valence-corrected chi connectivity index (χ3v) is 5.14. The van der Waals surface area contributed by atoms with Gasteiger partial charge in [-0.15, -0.1) is 21.5 Å². The first-order valence-electron chi connectivity index (χ1n) is 8.37. The number of hydrogen-bond donors (Lipinski definition) is 0. The molecule has 0 fully saturated rings. The van der Waals surface area contributed by atoms with Crippen LogP contribution in [0.2, 0.25) is 0 Å². The number of nitrogens with zero attached hydrogens (tertiary/aromatic N) is 5. The lowest BCUT2D eigenvalue weighted by Gasteiger charge is -2.20. The fourth-order valence-corrected chi connectivity index (χ4v) is 3.32. The van der Waals surface area contributed by atoms with Gasteiger partial charge in [-0.3, -0.25) is 4.90 Å². The van der Waals surface area contributed by atoms with Gasteiger partial charge >= 0.3 is 0 Å². The topological polar surface area (TPSA) is 60.0 Å². The highest BCUT2D eigenvalue weighted by Crippen LogP contribution is 2.26. The van der Waals surface area contributed by atoms with Gasteiger partial charge in [0.05, 0.1) is 22.8 Å². The average molecular weight is 365 g/mol. The summed E-state index contributed by atoms with van der Waals surface area (Å²) in [6.45, 7) is 2.80. The van der Waals surface area contributed by atoms with Crippen LogP contribution in [0, 0.1) is 0 Å². The molecule has 132 valence electrons. The van der Waals surface area contributed by atoms with Gasteiger partial charge in [-0.2, -0.15) is 5.10 Å². The summed E-state index contributed by atoms with van der Waals surface area (Å²) in [5, 5.41) is 14.8. The Morgan fingerprint density at radius 1 is 1.15 bits per heavy atom. The summed E-state index contributed by atoms with van der Waals surface area (Å²) in [5.41, 5.74) is 2.17. The molecule has 1 aromatic carbocycles. The van der Waals surface area contributed by atoms with Crippen molar-refractivity contribution in [1.29, 1.82) is 0 Å². The Labute approximate surface area is 155 Å². The molecule has 0 bridgehead atoms. The van der Waals surface area contributed by atoms with Crippen LogP contribution >= 0.6 is 11.3 Å². The molecule has 0 aliphatic heterocycles. The van der Waals surface area contributed by atoms with E-state index in [-0.39, 0.29) is 6.04 Å². The van der Waals surface area contributed by atoms with Gasteiger partial charge in [0.2, 0.25) is 5.89 Å². The lowest BCUT2D eigenvalue weighted by atomic mass is 10.2. The van der Waals surface area contributed by atoms with Crippen molar-refractivity contribution in [3.05, 3.63) is 71.7 Å². The summed E-state index contributed by atoms with van der Waals surface area (Å²) in [4.78, 5) is 3.15. The van der Waals surface area contributed by atoms with Gasteiger partial charge in [-0.25, -0.2) is 4.68 Å². The molecule has 3 heterocycles. The second kappa shape index (κ2) is 7.23. The maximum Gasteiger partial charge on any atom is 0.257 e. The second-order valence-corrected chi connectivity index (χ2v) is 7.09. The predicted octanol–water partition coefficient (Wildman–Crippen LogP) is 4.18. The van der Waals surface area contributed by atoms with E-state index in [1.807, 2.05) is 72.0 Å². The normalized spacial score (nSPS) is 12.6. The van der Waals surface area contributed by atoms with Crippen LogP contribution in [0.15, 0.2) is 64.7 Å². The Morgan fingerprint density at radius 3 is 2.77 bits per heavy atom. The van der Waals surface area contributed by atoms with E-state index in [0.717, 1.165) is 22.7 Å². The fourth-order valence-electron chi connectivity index (χ4n) is 2.68. The molecule has 4 aromatic rings. The molecule has 0 saturated carbocycles. The predicted molar refractivity (Wildman–Crippen MR) is 101 cm³/mol. The summed E-state index contributed by atoms with van der Waals surface area (Å²) in [6.07, 6.45) is 3.94. The van der Waals surface area contributed by atoms with Crippen molar-refractivity contribution in [3.63, 3.8) is 0 Å². The number of benzene rings is 1. The highest BCUT2D eigenvalue weighted by Gasteiger charge is 2.20. The minimum Gasteiger partial charge on any atom is -0.418 e. The zero-order valence-electron chi connectivity index (χ0n) is 14.6. The lowest BCUT2D eigenvalue weighted by molar-refractivity contribution is 0.218. The highest BCUT2D eigenvalue weighted by atomic mass is 32.1. The zero-order chi connectivity index (χ0) is 17.9. The summed E-state index contributed by atoms with van der Waals surface area (Å²) < 4.78 is 7.73. The largest absolute Gasteiger partial charge is 0.418 e. The second-order valence-electron chi connectivity index (χ2n) is 6.14. The molecule has 1 unspecified atom stereocenters. The molecule has 1 atom stereocenters. The average Bonchev–Trinajstić information content (AvgIpc) is 3.42. The van der Waals surface area contributed by atoms with E-state index in [2.05, 4.69) is 27.1 Å². The van der Waals surface area contributed by atoms with Gasteiger partial charge in [-0.05, 0) is 37.6 Å². The number of hydrogen-bond acceptors (Lipinski definition) is 6. The van der Waals surface area contributed by atoms with Crippen molar-refractivity contribution in [2.24, 2.45) is 0 Å². The van der Waals surface area contributed by atoms with Crippen molar-refractivity contribution < 1.29 is 4.42 Å². The van der Waals surface area contributed by atoms with E-state index >= 15 is 0 Å². The number of aromatic nitrogens is 4. The molecular formula is C19H19N5OS. The quantitative estimate of drug-likeness (QED) is 0.513. The fraction of sp³-hybridized carbons (Fsp3) is 0.211. The molecule has 0 aliphatic carbocycles. The Kier molecular flexibility index (Phi) is 4.64. The number of para-hydroxylation sites is 1. The van der Waals surface area contributed by atoms with Crippen molar-refractivity contribution in [3.8, 4) is 16.5 Å². The molecular weight excluding hydrogens is 346 g/mol. The minimum atomic E-state index is 0.0105. The molecule has 0 radical (unpaired) electrons. The molecule has 6 nitrogen and oxygen atoms in total. The minimum absolute atomic E-state index is 0.0105. The van der Waals surface area contributed by atoms with Crippen molar-refractivity contribution in [2.75, 3.05) is 7.05 Å². The number of rotatable bonds is 6. The number of thiophene rings is 1. The van der Waals surface area contributed by atoms with Crippen molar-refractivity contribution in [1.82, 2.24) is 24.9 Å². The van der Waals surface area contributed by atoms with Gasteiger partial charge in [0, 0.05) is 18.3 Å². The van der Waals surface area contributed by atoms with E-state index in [4.69, 9.17) is 4.42 Å². The first-order chi connectivity index (χ1) is 12.7. The first kappa shape index (κ1) is 16.7. The van der Waals surface area contributed by atoms with E-state index in [1.54, 1.807) is 11.3 Å². The maximum atomic E-state index is 5.85. The van der Waals surface area contributed by atoms with Gasteiger partial charge in [0.1, 0.15) is 0 Å². The molecule has 7 heteroatoms. The molecule has 0 aliphatic rings. The van der Waals surface area contributed by atoms with Crippen LogP contribution in [-0.4, -0.2) is 31.9 Å². The highest BCUT2D eigenvalue weighted by molar-refractivity contribution is 7.13. The van der Waals surface area contributed by atoms with Crippen LogP contribution in [0.5, 0.6) is 0 Å².